The Bertz CT molecular complexity index is 898. The van der Waals surface area contributed by atoms with Crippen molar-refractivity contribution in [3.63, 3.8) is 0 Å². The molecule has 0 fully saturated rings. The molecular weight excluding hydrogens is 388 g/mol. The molecule has 8 heteroatoms. The Hall–Kier alpha value is -2.25. The highest BCUT2D eigenvalue weighted by molar-refractivity contribution is 7.92. The van der Waals surface area contributed by atoms with Crippen molar-refractivity contribution < 1.29 is 17.9 Å². The molecule has 27 heavy (non-hydrogen) atoms. The number of nitrogens with zero attached hydrogens (tertiary/aromatic N) is 1. The zero-order valence-electron chi connectivity index (χ0n) is 15.6. The average molecular weight is 411 g/mol. The van der Waals surface area contributed by atoms with Crippen molar-refractivity contribution in [2.45, 2.75) is 32.9 Å². The monoisotopic (exact) mass is 410 g/mol. The maximum absolute atomic E-state index is 12.7. The Morgan fingerprint density at radius 2 is 1.74 bits per heavy atom. The summed E-state index contributed by atoms with van der Waals surface area (Å²) < 4.78 is 31.2. The number of halogens is 1. The molecule has 2 aromatic carbocycles. The van der Waals surface area contributed by atoms with E-state index in [2.05, 4.69) is 5.32 Å². The number of hydrogen-bond donors (Lipinski definition) is 1. The zero-order valence-corrected chi connectivity index (χ0v) is 17.2. The summed E-state index contributed by atoms with van der Waals surface area (Å²) in [5.74, 6) is 0.158. The minimum atomic E-state index is -3.69. The van der Waals surface area contributed by atoms with E-state index in [4.69, 9.17) is 16.3 Å². The molecule has 0 unspecified atom stereocenters. The lowest BCUT2D eigenvalue weighted by Gasteiger charge is -2.28. The molecule has 1 atom stereocenters. The molecule has 0 aliphatic heterocycles. The second-order valence-corrected chi connectivity index (χ2v) is 8.69. The summed E-state index contributed by atoms with van der Waals surface area (Å²) >= 11 is 5.87. The van der Waals surface area contributed by atoms with Crippen LogP contribution < -0.4 is 14.4 Å². The first-order valence-corrected chi connectivity index (χ1v) is 10.6. The third-order valence-corrected chi connectivity index (χ3v) is 5.14. The summed E-state index contributed by atoms with van der Waals surface area (Å²) in [6, 6.07) is 12.3. The number of amides is 1. The quantitative estimate of drug-likeness (QED) is 0.750. The highest BCUT2D eigenvalue weighted by Gasteiger charge is 2.29. The molecule has 2 rings (SSSR count). The minimum absolute atomic E-state index is 0.000468. The van der Waals surface area contributed by atoms with E-state index < -0.39 is 22.0 Å². The first-order valence-electron chi connectivity index (χ1n) is 8.40. The van der Waals surface area contributed by atoms with Gasteiger partial charge in [-0.15, -0.1) is 0 Å². The summed E-state index contributed by atoms with van der Waals surface area (Å²) in [6.07, 6.45) is 1.06. The van der Waals surface area contributed by atoms with Gasteiger partial charge in [0.1, 0.15) is 11.8 Å². The van der Waals surface area contributed by atoms with Gasteiger partial charge < -0.3 is 10.1 Å². The van der Waals surface area contributed by atoms with Gasteiger partial charge in [-0.05, 0) is 57.2 Å². The van der Waals surface area contributed by atoms with E-state index in [1.165, 1.54) is 6.92 Å². The molecule has 2 aromatic rings. The first kappa shape index (κ1) is 21.1. The largest absolute Gasteiger partial charge is 0.491 e. The van der Waals surface area contributed by atoms with E-state index in [9.17, 15) is 13.2 Å². The molecule has 1 amide bonds. The normalized spacial score (nSPS) is 12.5. The first-order chi connectivity index (χ1) is 12.6. The number of hydrogen-bond acceptors (Lipinski definition) is 4. The van der Waals surface area contributed by atoms with Gasteiger partial charge in [-0.25, -0.2) is 8.42 Å². The fourth-order valence-corrected chi connectivity index (χ4v) is 3.86. The topological polar surface area (TPSA) is 75.7 Å². The summed E-state index contributed by atoms with van der Waals surface area (Å²) in [5, 5.41) is 3.22. The van der Waals surface area contributed by atoms with Gasteiger partial charge in [0.25, 0.3) is 0 Å². The Kier molecular flexibility index (Phi) is 6.73. The molecule has 0 heterocycles. The van der Waals surface area contributed by atoms with E-state index >= 15 is 0 Å². The van der Waals surface area contributed by atoms with Crippen molar-refractivity contribution in [3.05, 3.63) is 53.6 Å². The van der Waals surface area contributed by atoms with Gasteiger partial charge in [0.15, 0.2) is 0 Å². The minimum Gasteiger partial charge on any atom is -0.491 e. The Labute approximate surface area is 165 Å². The summed E-state index contributed by atoms with van der Waals surface area (Å²) in [4.78, 5) is 12.7. The predicted octanol–water partition coefficient (Wildman–Crippen LogP) is 3.92. The van der Waals surface area contributed by atoms with Crippen LogP contribution in [0.2, 0.25) is 5.02 Å². The molecule has 0 bridgehead atoms. The smallest absolute Gasteiger partial charge is 0.247 e. The lowest BCUT2D eigenvalue weighted by Crippen LogP contribution is -2.45. The number of benzene rings is 2. The van der Waals surface area contributed by atoms with E-state index in [1.54, 1.807) is 48.5 Å². The molecular formula is C19H23ClN2O4S. The summed E-state index contributed by atoms with van der Waals surface area (Å²) in [5.41, 5.74) is 0.885. The molecule has 0 saturated carbocycles. The van der Waals surface area contributed by atoms with Crippen molar-refractivity contribution in [1.29, 1.82) is 0 Å². The molecule has 0 spiro atoms. The second-order valence-electron chi connectivity index (χ2n) is 6.39. The maximum atomic E-state index is 12.7. The van der Waals surface area contributed by atoms with Crippen LogP contribution in [0.25, 0.3) is 0 Å². The lowest BCUT2D eigenvalue weighted by molar-refractivity contribution is -0.116. The molecule has 146 valence electrons. The van der Waals surface area contributed by atoms with Crippen LogP contribution in [0.1, 0.15) is 20.8 Å². The average Bonchev–Trinajstić information content (AvgIpc) is 2.55. The van der Waals surface area contributed by atoms with Gasteiger partial charge in [-0.1, -0.05) is 17.7 Å². The molecule has 1 N–H and O–H groups in total. The van der Waals surface area contributed by atoms with Crippen LogP contribution in [0, 0.1) is 0 Å². The van der Waals surface area contributed by atoms with Gasteiger partial charge in [0.05, 0.1) is 18.0 Å². The van der Waals surface area contributed by atoms with E-state index in [1.807, 2.05) is 13.8 Å². The summed E-state index contributed by atoms with van der Waals surface area (Å²) in [7, 11) is -3.69. The van der Waals surface area contributed by atoms with Gasteiger partial charge >= 0.3 is 0 Å². The maximum Gasteiger partial charge on any atom is 0.247 e. The van der Waals surface area contributed by atoms with Crippen LogP contribution >= 0.6 is 11.6 Å². The van der Waals surface area contributed by atoms with Crippen LogP contribution in [0.4, 0.5) is 11.4 Å². The number of carbonyl (C=O) groups is 1. The molecule has 0 saturated heterocycles. The Balaban J connectivity index is 2.24. The van der Waals surface area contributed by atoms with Gasteiger partial charge in [-0.3, -0.25) is 9.10 Å². The van der Waals surface area contributed by atoms with E-state index in [0.717, 1.165) is 10.6 Å². The third kappa shape index (κ3) is 5.87. The number of rotatable bonds is 7. The third-order valence-electron chi connectivity index (χ3n) is 3.64. The predicted molar refractivity (Wildman–Crippen MR) is 109 cm³/mol. The fourth-order valence-electron chi connectivity index (χ4n) is 2.56. The van der Waals surface area contributed by atoms with Crippen LogP contribution in [0.3, 0.4) is 0 Å². The van der Waals surface area contributed by atoms with Crippen molar-refractivity contribution in [2.75, 3.05) is 15.9 Å². The summed E-state index contributed by atoms with van der Waals surface area (Å²) in [6.45, 7) is 5.34. The standard InChI is InChI=1S/C19H23ClN2O4S/c1-13(2)26-18-7-5-6-16(12-18)21-19(23)14(3)22(27(4,24)25)17-10-8-15(20)9-11-17/h5-14H,1-4H3,(H,21,23)/t14-/m1/s1. The Morgan fingerprint density at radius 3 is 2.30 bits per heavy atom. The van der Waals surface area contributed by atoms with E-state index in [0.29, 0.717) is 22.1 Å². The number of carbonyl (C=O) groups excluding carboxylic acids is 1. The molecule has 0 aliphatic rings. The van der Waals surface area contributed by atoms with Gasteiger partial charge in [0.2, 0.25) is 15.9 Å². The Morgan fingerprint density at radius 1 is 1.11 bits per heavy atom. The van der Waals surface area contributed by atoms with Gasteiger partial charge in [-0.2, -0.15) is 0 Å². The number of nitrogens with one attached hydrogen (secondary N) is 1. The van der Waals surface area contributed by atoms with Crippen molar-refractivity contribution >= 4 is 38.9 Å². The van der Waals surface area contributed by atoms with Crippen LogP contribution in [-0.2, 0) is 14.8 Å². The molecule has 0 aliphatic carbocycles. The highest BCUT2D eigenvalue weighted by Crippen LogP contribution is 2.24. The van der Waals surface area contributed by atoms with Crippen LogP contribution in [-0.4, -0.2) is 32.7 Å². The molecule has 6 nitrogen and oxygen atoms in total. The van der Waals surface area contributed by atoms with Crippen LogP contribution in [0.5, 0.6) is 5.75 Å². The highest BCUT2D eigenvalue weighted by atomic mass is 35.5. The second kappa shape index (κ2) is 8.63. The number of sulfonamides is 1. The van der Waals surface area contributed by atoms with Gasteiger partial charge in [0, 0.05) is 16.8 Å². The lowest BCUT2D eigenvalue weighted by atomic mass is 10.2. The number of ether oxygens (including phenoxy) is 1. The molecule has 0 radical (unpaired) electrons. The van der Waals surface area contributed by atoms with Crippen molar-refractivity contribution in [2.24, 2.45) is 0 Å². The number of anilines is 2. The van der Waals surface area contributed by atoms with Crippen molar-refractivity contribution in [3.8, 4) is 5.75 Å². The zero-order chi connectivity index (χ0) is 20.2. The van der Waals surface area contributed by atoms with E-state index in [-0.39, 0.29) is 6.10 Å². The molecule has 0 aromatic heterocycles. The fraction of sp³-hybridized carbons (Fsp3) is 0.316. The SMILES string of the molecule is CC(C)Oc1cccc(NC(=O)[C@@H](C)N(c2ccc(Cl)cc2)S(C)(=O)=O)c1. The van der Waals surface area contributed by atoms with Crippen molar-refractivity contribution in [1.82, 2.24) is 0 Å². The van der Waals surface area contributed by atoms with Crippen LogP contribution in [0.15, 0.2) is 48.5 Å².